The Morgan fingerprint density at radius 2 is 1.88 bits per heavy atom. The summed E-state index contributed by atoms with van der Waals surface area (Å²) in [6.45, 7) is 3.48. The molecule has 0 aromatic heterocycles. The lowest BCUT2D eigenvalue weighted by molar-refractivity contribution is -0.111. The van der Waals surface area contributed by atoms with E-state index in [1.165, 1.54) is 12.1 Å². The van der Waals surface area contributed by atoms with Crippen LogP contribution in [0, 0.1) is 0 Å². The van der Waals surface area contributed by atoms with E-state index in [4.69, 9.17) is 11.6 Å². The Morgan fingerprint density at radius 1 is 1.31 bits per heavy atom. The van der Waals surface area contributed by atoms with Crippen molar-refractivity contribution in [1.82, 2.24) is 0 Å². The summed E-state index contributed by atoms with van der Waals surface area (Å²) < 4.78 is 22.7. The van der Waals surface area contributed by atoms with E-state index in [2.05, 4.69) is 0 Å². The van der Waals surface area contributed by atoms with Crippen LogP contribution in [-0.2, 0) is 20.0 Å². The van der Waals surface area contributed by atoms with Gasteiger partial charge in [-0.05, 0) is 31.5 Å². The second-order valence-electron chi connectivity index (χ2n) is 4.26. The smallest absolute Gasteiger partial charge is 0.176 e. The SMILES string of the molecule is CC(C)(C=O)c1ccc(S(C)(=O)=O)c(Cl)c1. The number of hydrogen-bond acceptors (Lipinski definition) is 3. The quantitative estimate of drug-likeness (QED) is 0.783. The van der Waals surface area contributed by atoms with Gasteiger partial charge in [-0.3, -0.25) is 0 Å². The average Bonchev–Trinajstić information content (AvgIpc) is 2.15. The minimum absolute atomic E-state index is 0.0830. The molecule has 1 rings (SSSR count). The van der Waals surface area contributed by atoms with Crippen LogP contribution in [0.4, 0.5) is 0 Å². The molecule has 0 aliphatic heterocycles. The highest BCUT2D eigenvalue weighted by molar-refractivity contribution is 7.90. The third-order valence-electron chi connectivity index (χ3n) is 2.37. The van der Waals surface area contributed by atoms with Crippen molar-refractivity contribution in [3.63, 3.8) is 0 Å². The average molecular weight is 261 g/mol. The number of carbonyl (C=O) groups excluding carboxylic acids is 1. The Hall–Kier alpha value is -0.870. The maximum Gasteiger partial charge on any atom is 0.176 e. The zero-order chi connectivity index (χ0) is 12.6. The summed E-state index contributed by atoms with van der Waals surface area (Å²) in [4.78, 5) is 10.9. The van der Waals surface area contributed by atoms with Crippen LogP contribution in [0.25, 0.3) is 0 Å². The highest BCUT2D eigenvalue weighted by Gasteiger charge is 2.22. The molecule has 5 heteroatoms. The monoisotopic (exact) mass is 260 g/mol. The number of aldehydes is 1. The largest absolute Gasteiger partial charge is 0.302 e. The first-order valence-electron chi connectivity index (χ1n) is 4.65. The highest BCUT2D eigenvalue weighted by Crippen LogP contribution is 2.28. The van der Waals surface area contributed by atoms with Gasteiger partial charge in [-0.1, -0.05) is 17.7 Å². The molecule has 1 aromatic carbocycles. The molecule has 88 valence electrons. The van der Waals surface area contributed by atoms with Gasteiger partial charge < -0.3 is 4.79 Å². The predicted molar refractivity (Wildman–Crippen MR) is 63.7 cm³/mol. The minimum atomic E-state index is -3.32. The Morgan fingerprint density at radius 3 is 2.25 bits per heavy atom. The molecule has 1 aromatic rings. The Balaban J connectivity index is 3.36. The van der Waals surface area contributed by atoms with Crippen molar-refractivity contribution < 1.29 is 13.2 Å². The summed E-state index contributed by atoms with van der Waals surface area (Å²) in [5.41, 5.74) is 0.0274. The van der Waals surface area contributed by atoms with Gasteiger partial charge in [0, 0.05) is 11.7 Å². The topological polar surface area (TPSA) is 51.2 Å². The Bertz CT molecular complexity index is 518. The van der Waals surface area contributed by atoms with Crippen molar-refractivity contribution in [3.8, 4) is 0 Å². The van der Waals surface area contributed by atoms with Crippen LogP contribution >= 0.6 is 11.6 Å². The van der Waals surface area contributed by atoms with Gasteiger partial charge in [-0.2, -0.15) is 0 Å². The Kier molecular flexibility index (Phi) is 3.45. The van der Waals surface area contributed by atoms with Crippen LogP contribution in [0.2, 0.25) is 5.02 Å². The molecule has 0 saturated heterocycles. The maximum absolute atomic E-state index is 11.3. The zero-order valence-corrected chi connectivity index (χ0v) is 10.9. The van der Waals surface area contributed by atoms with Crippen LogP contribution in [0.3, 0.4) is 0 Å². The van der Waals surface area contributed by atoms with Gasteiger partial charge in [0.2, 0.25) is 0 Å². The molecule has 0 radical (unpaired) electrons. The summed E-state index contributed by atoms with van der Waals surface area (Å²) in [7, 11) is -3.32. The zero-order valence-electron chi connectivity index (χ0n) is 9.32. The first-order chi connectivity index (χ1) is 7.18. The fraction of sp³-hybridized carbons (Fsp3) is 0.364. The molecule has 0 fully saturated rings. The van der Waals surface area contributed by atoms with Crippen LogP contribution in [-0.4, -0.2) is 21.0 Å². The summed E-state index contributed by atoms with van der Waals surface area (Å²) in [6, 6.07) is 4.56. The van der Waals surface area contributed by atoms with Gasteiger partial charge in [0.15, 0.2) is 9.84 Å². The maximum atomic E-state index is 11.3. The number of carbonyl (C=O) groups is 1. The summed E-state index contributed by atoms with van der Waals surface area (Å²) in [6.07, 6.45) is 1.90. The van der Waals surface area contributed by atoms with E-state index in [1.54, 1.807) is 19.9 Å². The normalized spacial score (nSPS) is 12.5. The van der Waals surface area contributed by atoms with Crippen LogP contribution in [0.15, 0.2) is 23.1 Å². The minimum Gasteiger partial charge on any atom is -0.302 e. The standard InChI is InChI=1S/C11H13ClO3S/c1-11(2,7-13)8-4-5-10(9(12)6-8)16(3,14)15/h4-7H,1-3H3. The van der Waals surface area contributed by atoms with E-state index in [-0.39, 0.29) is 9.92 Å². The summed E-state index contributed by atoms with van der Waals surface area (Å²) >= 11 is 5.88. The Labute approximate surface area is 100 Å². The van der Waals surface area contributed by atoms with Gasteiger partial charge in [-0.25, -0.2) is 8.42 Å². The van der Waals surface area contributed by atoms with E-state index in [9.17, 15) is 13.2 Å². The molecule has 0 N–H and O–H groups in total. The molecule has 0 heterocycles. The first-order valence-corrected chi connectivity index (χ1v) is 6.92. The molecular weight excluding hydrogens is 248 g/mol. The van der Waals surface area contributed by atoms with E-state index >= 15 is 0 Å². The van der Waals surface area contributed by atoms with Gasteiger partial charge in [-0.15, -0.1) is 0 Å². The van der Waals surface area contributed by atoms with Crippen molar-refractivity contribution in [2.45, 2.75) is 24.2 Å². The molecule has 0 atom stereocenters. The van der Waals surface area contributed by atoms with Crippen LogP contribution in [0.1, 0.15) is 19.4 Å². The van der Waals surface area contributed by atoms with Crippen molar-refractivity contribution in [2.24, 2.45) is 0 Å². The molecule has 0 aliphatic rings. The third-order valence-corrected chi connectivity index (χ3v) is 3.95. The van der Waals surface area contributed by atoms with Gasteiger partial charge in [0.1, 0.15) is 6.29 Å². The fourth-order valence-corrected chi connectivity index (χ4v) is 2.60. The lowest BCUT2D eigenvalue weighted by atomic mass is 9.86. The third kappa shape index (κ3) is 2.62. The van der Waals surface area contributed by atoms with E-state index in [0.717, 1.165) is 12.5 Å². The second kappa shape index (κ2) is 4.18. The molecule has 3 nitrogen and oxygen atoms in total. The number of halogens is 1. The first kappa shape index (κ1) is 13.2. The molecule has 0 unspecified atom stereocenters. The molecule has 16 heavy (non-hydrogen) atoms. The second-order valence-corrected chi connectivity index (χ2v) is 6.65. The lowest BCUT2D eigenvalue weighted by Gasteiger charge is -2.18. The van der Waals surface area contributed by atoms with Crippen molar-refractivity contribution in [1.29, 1.82) is 0 Å². The van der Waals surface area contributed by atoms with Crippen molar-refractivity contribution >= 4 is 27.7 Å². The molecule has 0 aliphatic carbocycles. The number of sulfone groups is 1. The molecule has 0 saturated carbocycles. The van der Waals surface area contributed by atoms with E-state index in [0.29, 0.717) is 5.56 Å². The number of benzene rings is 1. The molecule has 0 spiro atoms. The van der Waals surface area contributed by atoms with Gasteiger partial charge in [0.25, 0.3) is 0 Å². The predicted octanol–water partition coefficient (Wildman–Crippen LogP) is 2.22. The van der Waals surface area contributed by atoms with Crippen LogP contribution in [0.5, 0.6) is 0 Å². The number of rotatable bonds is 3. The molecule has 0 amide bonds. The van der Waals surface area contributed by atoms with Crippen LogP contribution < -0.4 is 0 Å². The van der Waals surface area contributed by atoms with E-state index in [1.807, 2.05) is 0 Å². The highest BCUT2D eigenvalue weighted by atomic mass is 35.5. The summed E-state index contributed by atoms with van der Waals surface area (Å²) in [5.74, 6) is 0. The molecule has 0 bridgehead atoms. The lowest BCUT2D eigenvalue weighted by Crippen LogP contribution is -2.18. The number of hydrogen-bond donors (Lipinski definition) is 0. The summed E-state index contributed by atoms with van der Waals surface area (Å²) in [5, 5.41) is 0.148. The van der Waals surface area contributed by atoms with Crippen molar-refractivity contribution in [2.75, 3.05) is 6.26 Å². The van der Waals surface area contributed by atoms with Gasteiger partial charge in [0.05, 0.1) is 9.92 Å². The fourth-order valence-electron chi connectivity index (χ4n) is 1.27. The van der Waals surface area contributed by atoms with E-state index < -0.39 is 15.3 Å². The van der Waals surface area contributed by atoms with Crippen molar-refractivity contribution in [3.05, 3.63) is 28.8 Å². The molecular formula is C11H13ClO3S. The van der Waals surface area contributed by atoms with Gasteiger partial charge >= 0.3 is 0 Å².